The summed E-state index contributed by atoms with van der Waals surface area (Å²) in [4.78, 5) is 25.0. The van der Waals surface area contributed by atoms with Crippen LogP contribution in [0.15, 0.2) is 164 Å². The molecule has 0 atom stereocenters. The number of anilines is 2. The van der Waals surface area contributed by atoms with Crippen molar-refractivity contribution in [3.05, 3.63) is 166 Å². The van der Waals surface area contributed by atoms with E-state index >= 15 is 0 Å². The van der Waals surface area contributed by atoms with Crippen molar-refractivity contribution in [1.82, 2.24) is 0 Å². The molecule has 0 aliphatic carbocycles. The van der Waals surface area contributed by atoms with Gasteiger partial charge >= 0.3 is 37.7 Å². The Kier molecular flexibility index (Phi) is 19.0. The van der Waals surface area contributed by atoms with E-state index in [9.17, 15) is 45.7 Å². The van der Waals surface area contributed by atoms with Gasteiger partial charge in [-0.3, -0.25) is 14.1 Å². The smallest absolute Gasteiger partial charge is 0.870 e. The fourth-order valence-corrected chi connectivity index (χ4v) is 9.52. The van der Waals surface area contributed by atoms with Crippen molar-refractivity contribution < 1.29 is 55.2 Å². The number of aryl methyl sites for hydroxylation is 2. The summed E-state index contributed by atoms with van der Waals surface area (Å²) in [6, 6.07) is 35.4. The van der Waals surface area contributed by atoms with Crippen molar-refractivity contribution >= 4 is 149 Å². The molecule has 75 heavy (non-hydrogen) atoms. The second-order valence-corrected chi connectivity index (χ2v) is 19.5. The summed E-state index contributed by atoms with van der Waals surface area (Å²) in [7, 11) is -9.47. The third kappa shape index (κ3) is 14.0. The molecule has 2 amide bonds. The van der Waals surface area contributed by atoms with Crippen molar-refractivity contribution in [1.29, 1.82) is 0 Å². The first-order valence-electron chi connectivity index (χ1n) is 22.1. The van der Waals surface area contributed by atoms with Crippen LogP contribution >= 0.6 is 23.2 Å². The summed E-state index contributed by atoms with van der Waals surface area (Å²) in [6.07, 6.45) is 0. The third-order valence-electron chi connectivity index (χ3n) is 10.7. The van der Waals surface area contributed by atoms with E-state index in [1.807, 2.05) is 13.8 Å². The molecule has 23 heteroatoms. The maximum absolute atomic E-state index is 13.3. The Bertz CT molecular complexity index is 3530. The summed E-state index contributed by atoms with van der Waals surface area (Å²) in [5.41, 5.74) is 1.31. The van der Waals surface area contributed by atoms with Gasteiger partial charge in [-0.25, -0.2) is 8.42 Å². The maximum atomic E-state index is 13.3. The largest absolute Gasteiger partial charge is 2.00 e. The number of hydrogen-bond donors (Lipinski definition) is 4. The summed E-state index contributed by atoms with van der Waals surface area (Å²) in [5.74, 6) is -1.04. The number of aromatic hydroxyl groups is 1. The molecule has 0 aliphatic heterocycles. The molecule has 0 radical (unpaired) electrons. The summed E-state index contributed by atoms with van der Waals surface area (Å²) in [5, 5.41) is 47.3. The molecule has 0 spiro atoms. The van der Waals surface area contributed by atoms with E-state index < -0.39 is 58.4 Å². The second-order valence-electron chi connectivity index (χ2n) is 16.0. The Morgan fingerprint density at radius 1 is 0.600 bits per heavy atom. The van der Waals surface area contributed by atoms with Crippen LogP contribution < -0.4 is 25.2 Å². The van der Waals surface area contributed by atoms with Gasteiger partial charge in [-0.2, -0.15) is 13.5 Å². The number of azo groups is 2. The summed E-state index contributed by atoms with van der Waals surface area (Å²) < 4.78 is 78.4. The van der Waals surface area contributed by atoms with E-state index in [0.717, 1.165) is 6.07 Å². The zero-order valence-electron chi connectivity index (χ0n) is 40.2. The van der Waals surface area contributed by atoms with E-state index in [2.05, 4.69) is 31.1 Å². The minimum Gasteiger partial charge on any atom is -0.870 e. The van der Waals surface area contributed by atoms with Crippen LogP contribution in [0.3, 0.4) is 0 Å². The zero-order valence-corrected chi connectivity index (χ0v) is 45.5. The normalized spacial score (nSPS) is 11.5. The van der Waals surface area contributed by atoms with E-state index in [4.69, 9.17) is 32.7 Å². The Labute approximate surface area is 470 Å². The fraction of sp³-hybridized carbons (Fsp3) is 0.115. The van der Waals surface area contributed by atoms with Crippen molar-refractivity contribution in [2.24, 2.45) is 20.5 Å². The Morgan fingerprint density at radius 2 is 1.01 bits per heavy atom. The molecule has 0 saturated carbocycles. The monoisotopic (exact) mass is 1120 g/mol. The number of nitrogens with zero attached hydrogens (tertiary/aromatic N) is 4. The van der Waals surface area contributed by atoms with Gasteiger partial charge in [0.1, 0.15) is 43.6 Å². The van der Waals surface area contributed by atoms with Crippen LogP contribution in [0.25, 0.3) is 21.5 Å². The number of rotatable bonds is 14. The predicted octanol–water partition coefficient (Wildman–Crippen LogP) is 12.3. The second kappa shape index (κ2) is 24.7. The molecule has 0 heterocycles. The first-order valence-corrected chi connectivity index (χ1v) is 25.7. The molecule has 0 aromatic heterocycles. The average molecular weight is 1120 g/mol. The van der Waals surface area contributed by atoms with Crippen molar-refractivity contribution in [3.8, 4) is 23.0 Å². The van der Waals surface area contributed by atoms with E-state index in [1.165, 1.54) is 30.3 Å². The average Bonchev–Trinajstić information content (AvgIpc) is 3.35. The molecule has 8 aromatic rings. The number of carbonyl (C=O) groups excluding carboxylic acids is 2. The van der Waals surface area contributed by atoms with Crippen LogP contribution in [-0.2, 0) is 20.2 Å². The number of fused-ring (bicyclic) bond motifs is 2. The predicted molar refractivity (Wildman–Crippen MR) is 284 cm³/mol. The number of nitrogens with one attached hydrogen (secondary N) is 2. The Hall–Kier alpha value is -6.72. The van der Waals surface area contributed by atoms with E-state index in [-0.39, 0.29) is 76.6 Å². The van der Waals surface area contributed by atoms with Gasteiger partial charge < -0.3 is 34.9 Å². The molecule has 380 valence electrons. The molecular formula is C52H42CaCl2N6O12S2. The van der Waals surface area contributed by atoms with Gasteiger partial charge in [0, 0.05) is 27.7 Å². The minimum atomic E-state index is -4.86. The number of benzene rings is 8. The first kappa shape index (κ1) is 57.6. The topological polar surface area (TPSA) is 281 Å². The van der Waals surface area contributed by atoms with Crippen LogP contribution in [0, 0.1) is 13.8 Å². The molecule has 4 N–H and O–H groups in total. The molecule has 0 aliphatic rings. The van der Waals surface area contributed by atoms with Crippen LogP contribution in [-0.4, -0.2) is 93.8 Å². The van der Waals surface area contributed by atoms with Gasteiger partial charge in [0.25, 0.3) is 21.9 Å². The quantitative estimate of drug-likeness (QED) is 0.0449. The number of phenols is 1. The molecule has 18 nitrogen and oxygen atoms in total. The molecule has 8 rings (SSSR count). The van der Waals surface area contributed by atoms with Crippen molar-refractivity contribution in [2.45, 2.75) is 37.5 Å². The van der Waals surface area contributed by atoms with E-state index in [1.54, 1.807) is 111 Å². The van der Waals surface area contributed by atoms with Crippen LogP contribution in [0.2, 0.25) is 10.0 Å². The number of ether oxygens (including phenoxy) is 2. The molecule has 0 saturated heterocycles. The van der Waals surface area contributed by atoms with E-state index in [0.29, 0.717) is 68.8 Å². The Balaban J connectivity index is 0.000000241. The number of hydrogen-bond acceptors (Lipinski definition) is 15. The van der Waals surface area contributed by atoms with Gasteiger partial charge in [0.05, 0.1) is 39.4 Å². The zero-order chi connectivity index (χ0) is 53.5. The SMILES string of the molecule is CCOc1ccc(NC(=O)c2cc3ccccc3c(N=Nc3cc(C)cc(S(=O)(=O)O)c3Cl)c2O)cc1.CCOc1ccc(NC(=O)c2cc3ccccc3c(N=Nc3cc(C)cc(S(=O)(=O)[O-])c3Cl)c2[O-])cc1.[Ca+2]. The van der Waals surface area contributed by atoms with Crippen LogP contribution in [0.4, 0.5) is 34.1 Å². The summed E-state index contributed by atoms with van der Waals surface area (Å²) in [6.45, 7) is 7.90. The Morgan fingerprint density at radius 3 is 1.48 bits per heavy atom. The molecule has 0 fully saturated rings. The van der Waals surface area contributed by atoms with Gasteiger partial charge in [0.2, 0.25) is 0 Å². The molecular weight excluding hydrogens is 1080 g/mol. The van der Waals surface area contributed by atoms with Gasteiger partial charge in [-0.1, -0.05) is 77.5 Å². The van der Waals surface area contributed by atoms with Crippen LogP contribution in [0.5, 0.6) is 23.0 Å². The number of phenolic OH excluding ortho intramolecular Hbond substituents is 1. The molecule has 0 bridgehead atoms. The first-order chi connectivity index (χ1) is 35.2. The number of halogens is 2. The molecule has 0 unspecified atom stereocenters. The summed E-state index contributed by atoms with van der Waals surface area (Å²) >= 11 is 12.3. The van der Waals surface area contributed by atoms with Crippen molar-refractivity contribution in [2.75, 3.05) is 23.8 Å². The molecule has 8 aromatic carbocycles. The number of amides is 2. The minimum absolute atomic E-state index is 0. The van der Waals surface area contributed by atoms with Gasteiger partial charge in [0.15, 0.2) is 5.75 Å². The van der Waals surface area contributed by atoms with Crippen molar-refractivity contribution in [3.63, 3.8) is 0 Å². The van der Waals surface area contributed by atoms with Gasteiger partial charge in [-0.15, -0.1) is 15.3 Å². The maximum Gasteiger partial charge on any atom is 2.00 e. The number of carbonyl (C=O) groups is 2. The fourth-order valence-electron chi connectivity index (χ4n) is 7.33. The standard InChI is InChI=1S/2C26H22ClN3O6S.Ca/c2*1-3-36-18-10-8-17(9-11-18)28-26(32)20-14-16-6-4-5-7-19(16)24(25(20)31)30-29-21-12-15(2)13-22(23(21)27)37(33,34)35;/h2*4-14,31H,3H2,1-2H3,(H,28,32)(H,33,34,35);/q;;+2/p-2. The van der Waals surface area contributed by atoms with Gasteiger partial charge in [-0.05, 0) is 135 Å². The van der Waals surface area contributed by atoms with Crippen LogP contribution in [0.1, 0.15) is 45.7 Å². The third-order valence-corrected chi connectivity index (χ3v) is 13.5.